The molecular formula is C19H28N2O3. The fourth-order valence-corrected chi connectivity index (χ4v) is 1.96. The van der Waals surface area contributed by atoms with Gasteiger partial charge in [0.1, 0.15) is 0 Å². The number of nitrogens with zero attached hydrogens (tertiary/aromatic N) is 1. The molecule has 0 saturated carbocycles. The number of hydrogen-bond acceptors (Lipinski definition) is 4. The molecule has 132 valence electrons. The number of ketones is 1. The Balaban J connectivity index is 0.00000254. The molecule has 1 amide bonds. The lowest BCUT2D eigenvalue weighted by Crippen LogP contribution is -2.15. The van der Waals surface area contributed by atoms with Crippen LogP contribution in [0.15, 0.2) is 48.1 Å². The minimum absolute atomic E-state index is 0.0182. The summed E-state index contributed by atoms with van der Waals surface area (Å²) in [5, 5.41) is 8.40. The molecule has 1 aromatic rings. The van der Waals surface area contributed by atoms with Gasteiger partial charge in [0.15, 0.2) is 5.78 Å². The number of anilines is 1. The van der Waals surface area contributed by atoms with Crippen LogP contribution in [0.25, 0.3) is 0 Å². The van der Waals surface area contributed by atoms with Crippen molar-refractivity contribution in [3.05, 3.63) is 53.6 Å². The normalized spacial score (nSPS) is 12.2. The minimum atomic E-state index is -0.606. The van der Waals surface area contributed by atoms with E-state index < -0.39 is 5.91 Å². The number of hydroxylamine groups is 1. The van der Waals surface area contributed by atoms with Gasteiger partial charge < -0.3 is 4.90 Å². The first-order chi connectivity index (χ1) is 11.3. The van der Waals surface area contributed by atoms with Crippen LogP contribution in [-0.4, -0.2) is 31.0 Å². The number of amides is 1. The van der Waals surface area contributed by atoms with Crippen molar-refractivity contribution < 1.29 is 14.8 Å². The van der Waals surface area contributed by atoms with E-state index in [-0.39, 0.29) is 11.7 Å². The zero-order valence-corrected chi connectivity index (χ0v) is 15.3. The van der Waals surface area contributed by atoms with E-state index in [4.69, 9.17) is 5.21 Å². The molecular weight excluding hydrogens is 304 g/mol. The highest BCUT2D eigenvalue weighted by Gasteiger charge is 2.13. The van der Waals surface area contributed by atoms with E-state index in [1.165, 1.54) is 11.6 Å². The van der Waals surface area contributed by atoms with E-state index in [2.05, 4.69) is 0 Å². The van der Waals surface area contributed by atoms with Crippen LogP contribution in [-0.2, 0) is 4.79 Å². The summed E-state index contributed by atoms with van der Waals surface area (Å²) in [4.78, 5) is 25.2. The topological polar surface area (TPSA) is 69.6 Å². The molecule has 0 heterocycles. The monoisotopic (exact) mass is 332 g/mol. The van der Waals surface area contributed by atoms with Crippen molar-refractivity contribution in [1.82, 2.24) is 5.48 Å². The van der Waals surface area contributed by atoms with Crippen LogP contribution in [0.3, 0.4) is 0 Å². The van der Waals surface area contributed by atoms with E-state index in [1.807, 2.05) is 64.0 Å². The summed E-state index contributed by atoms with van der Waals surface area (Å²) >= 11 is 0. The number of carbonyl (C=O) groups excluding carboxylic acids is 2. The Bertz CT molecular complexity index is 587. The quantitative estimate of drug-likeness (QED) is 0.274. The summed E-state index contributed by atoms with van der Waals surface area (Å²) in [6.07, 6.45) is 4.53. The molecule has 0 saturated heterocycles. The molecule has 0 aromatic heterocycles. The second kappa shape index (κ2) is 11.2. The maximum atomic E-state index is 12.4. The van der Waals surface area contributed by atoms with Crippen molar-refractivity contribution in [3.63, 3.8) is 0 Å². The Morgan fingerprint density at radius 1 is 1.12 bits per heavy atom. The zero-order chi connectivity index (χ0) is 18.7. The first kappa shape index (κ1) is 21.6. The molecule has 24 heavy (non-hydrogen) atoms. The highest BCUT2D eigenvalue weighted by molar-refractivity contribution is 5.99. The second-order valence-corrected chi connectivity index (χ2v) is 5.31. The number of benzene rings is 1. The number of rotatable bonds is 6. The Labute approximate surface area is 144 Å². The van der Waals surface area contributed by atoms with E-state index in [1.54, 1.807) is 19.1 Å². The molecule has 2 N–H and O–H groups in total. The molecule has 0 aliphatic heterocycles. The van der Waals surface area contributed by atoms with Crippen LogP contribution < -0.4 is 10.4 Å². The van der Waals surface area contributed by atoms with Gasteiger partial charge in [-0.2, -0.15) is 0 Å². The van der Waals surface area contributed by atoms with Gasteiger partial charge in [-0.3, -0.25) is 14.8 Å². The molecule has 1 atom stereocenters. The first-order valence-electron chi connectivity index (χ1n) is 7.97. The lowest BCUT2D eigenvalue weighted by atomic mass is 9.97. The van der Waals surface area contributed by atoms with Crippen molar-refractivity contribution in [3.8, 4) is 0 Å². The average molecular weight is 332 g/mol. The maximum absolute atomic E-state index is 12.4. The Kier molecular flexibility index (Phi) is 10.1. The van der Waals surface area contributed by atoms with Crippen LogP contribution in [0.5, 0.6) is 0 Å². The standard InChI is InChI=1S/C17H22N2O3.C2H6/c1-12(5-10-16(20)18-22)11-13(2)17(21)14-6-8-15(9-7-14)19(3)4;1-2/h5-11,13,22H,1-4H3,(H,18,20);1-2H3/b10-5+,12-11+;/t13-;/m1./s1. The van der Waals surface area contributed by atoms with Gasteiger partial charge in [-0.05, 0) is 31.2 Å². The molecule has 0 aliphatic rings. The SMILES string of the molecule is CC.CC(/C=C/C(=O)NO)=C\[C@@H](C)C(=O)c1ccc(N(C)C)cc1. The average Bonchev–Trinajstić information content (AvgIpc) is 2.60. The largest absolute Gasteiger partial charge is 0.378 e. The van der Waals surface area contributed by atoms with Crippen molar-refractivity contribution in [2.75, 3.05) is 19.0 Å². The van der Waals surface area contributed by atoms with Gasteiger partial charge in [-0.25, -0.2) is 5.48 Å². The minimum Gasteiger partial charge on any atom is -0.378 e. The van der Waals surface area contributed by atoms with E-state index in [0.717, 1.165) is 11.3 Å². The fraction of sp³-hybridized carbons (Fsp3) is 0.368. The first-order valence-corrected chi connectivity index (χ1v) is 7.97. The van der Waals surface area contributed by atoms with Crippen LogP contribution >= 0.6 is 0 Å². The Morgan fingerprint density at radius 2 is 1.67 bits per heavy atom. The number of Topliss-reactive ketones (excluding diaryl/α,β-unsaturated/α-hetero) is 1. The predicted molar refractivity (Wildman–Crippen MR) is 98.4 cm³/mol. The number of allylic oxidation sites excluding steroid dienone is 3. The zero-order valence-electron chi connectivity index (χ0n) is 15.3. The summed E-state index contributed by atoms with van der Waals surface area (Å²) in [6, 6.07) is 7.43. The van der Waals surface area contributed by atoms with Gasteiger partial charge in [-0.1, -0.05) is 38.5 Å². The van der Waals surface area contributed by atoms with E-state index >= 15 is 0 Å². The van der Waals surface area contributed by atoms with E-state index in [9.17, 15) is 9.59 Å². The Hall–Kier alpha value is -2.40. The predicted octanol–water partition coefficient (Wildman–Crippen LogP) is 3.61. The molecule has 5 heteroatoms. The van der Waals surface area contributed by atoms with Gasteiger partial charge in [0.25, 0.3) is 5.91 Å². The third-order valence-electron chi connectivity index (χ3n) is 3.20. The molecule has 1 aromatic carbocycles. The fourth-order valence-electron chi connectivity index (χ4n) is 1.96. The molecule has 0 fully saturated rings. The van der Waals surface area contributed by atoms with Gasteiger partial charge >= 0.3 is 0 Å². The molecule has 0 unspecified atom stereocenters. The van der Waals surface area contributed by atoms with Crippen LogP contribution in [0, 0.1) is 5.92 Å². The van der Waals surface area contributed by atoms with Crippen LogP contribution in [0.1, 0.15) is 38.1 Å². The number of carbonyl (C=O) groups is 2. The summed E-state index contributed by atoms with van der Waals surface area (Å²) < 4.78 is 0. The molecule has 0 spiro atoms. The lowest BCUT2D eigenvalue weighted by Gasteiger charge is -2.13. The van der Waals surface area contributed by atoms with Gasteiger partial charge in [-0.15, -0.1) is 0 Å². The third kappa shape index (κ3) is 7.24. The molecule has 5 nitrogen and oxygen atoms in total. The third-order valence-corrected chi connectivity index (χ3v) is 3.20. The van der Waals surface area contributed by atoms with Crippen molar-refractivity contribution >= 4 is 17.4 Å². The van der Waals surface area contributed by atoms with Crippen molar-refractivity contribution in [2.24, 2.45) is 5.92 Å². The highest BCUT2D eigenvalue weighted by Crippen LogP contribution is 2.17. The molecule has 0 radical (unpaired) electrons. The molecule has 0 aliphatic carbocycles. The highest BCUT2D eigenvalue weighted by atomic mass is 16.5. The smallest absolute Gasteiger partial charge is 0.267 e. The maximum Gasteiger partial charge on any atom is 0.267 e. The van der Waals surface area contributed by atoms with Crippen LogP contribution in [0.2, 0.25) is 0 Å². The summed E-state index contributed by atoms with van der Waals surface area (Å²) in [5.74, 6) is -0.886. The van der Waals surface area contributed by atoms with Gasteiger partial charge in [0, 0.05) is 37.3 Å². The summed E-state index contributed by atoms with van der Waals surface area (Å²) in [6.45, 7) is 7.60. The number of nitrogens with one attached hydrogen (secondary N) is 1. The van der Waals surface area contributed by atoms with Gasteiger partial charge in [0.05, 0.1) is 0 Å². The van der Waals surface area contributed by atoms with Gasteiger partial charge in [0.2, 0.25) is 0 Å². The second-order valence-electron chi connectivity index (χ2n) is 5.31. The van der Waals surface area contributed by atoms with Crippen LogP contribution in [0.4, 0.5) is 5.69 Å². The number of hydrogen-bond donors (Lipinski definition) is 2. The van der Waals surface area contributed by atoms with Crippen molar-refractivity contribution in [1.29, 1.82) is 0 Å². The summed E-state index contributed by atoms with van der Waals surface area (Å²) in [7, 11) is 3.89. The van der Waals surface area contributed by atoms with Crippen molar-refractivity contribution in [2.45, 2.75) is 27.7 Å². The lowest BCUT2D eigenvalue weighted by molar-refractivity contribution is -0.124. The summed E-state index contributed by atoms with van der Waals surface area (Å²) in [5.41, 5.74) is 3.97. The molecule has 1 rings (SSSR count). The van der Waals surface area contributed by atoms with E-state index in [0.29, 0.717) is 5.56 Å². The molecule has 0 bridgehead atoms. The Morgan fingerprint density at radius 3 is 2.12 bits per heavy atom.